The Hall–Kier alpha value is -0.670. The molecule has 3 heteroatoms. The van der Waals surface area contributed by atoms with Crippen LogP contribution in [0.4, 0.5) is 0 Å². The van der Waals surface area contributed by atoms with Crippen LogP contribution in [0.25, 0.3) is 0 Å². The van der Waals surface area contributed by atoms with Crippen LogP contribution in [-0.4, -0.2) is 29.4 Å². The van der Waals surface area contributed by atoms with Crippen LogP contribution in [0.1, 0.15) is 10.9 Å². The first kappa shape index (κ1) is 8.91. The average Bonchev–Trinajstić information content (AvgIpc) is 2.53. The Morgan fingerprint density at radius 1 is 1.38 bits per heavy atom. The number of phenolic OH excluding ortho intramolecular Hbond substituents is 1. The van der Waals surface area contributed by atoms with Gasteiger partial charge in [0.05, 0.1) is 5.37 Å². The summed E-state index contributed by atoms with van der Waals surface area (Å²) >= 11 is 1.95. The first-order valence-electron chi connectivity index (χ1n) is 4.38. The van der Waals surface area contributed by atoms with Crippen LogP contribution in [-0.2, 0) is 0 Å². The number of hydrogen-bond donors (Lipinski definition) is 1. The molecule has 1 aromatic rings. The van der Waals surface area contributed by atoms with Crippen molar-refractivity contribution in [1.29, 1.82) is 0 Å². The zero-order valence-corrected chi connectivity index (χ0v) is 8.42. The molecule has 0 bridgehead atoms. The largest absolute Gasteiger partial charge is 0.508 e. The van der Waals surface area contributed by atoms with Crippen LogP contribution in [0, 0.1) is 0 Å². The molecule has 1 unspecified atom stereocenters. The van der Waals surface area contributed by atoms with Gasteiger partial charge in [-0.1, -0.05) is 12.1 Å². The molecule has 0 spiro atoms. The van der Waals surface area contributed by atoms with E-state index in [1.807, 2.05) is 23.9 Å². The molecule has 70 valence electrons. The normalized spacial score (nSPS) is 23.6. The van der Waals surface area contributed by atoms with E-state index >= 15 is 0 Å². The molecule has 0 saturated carbocycles. The van der Waals surface area contributed by atoms with Crippen molar-refractivity contribution in [2.24, 2.45) is 0 Å². The van der Waals surface area contributed by atoms with Crippen molar-refractivity contribution in [3.63, 3.8) is 0 Å². The second kappa shape index (κ2) is 3.60. The molecule has 1 aromatic carbocycles. The number of rotatable bonds is 1. The Kier molecular flexibility index (Phi) is 2.47. The standard InChI is InChI=1S/C10H13NOS/c1-11-6-7-13-10(11)8-2-4-9(12)5-3-8/h2-5,10,12H,6-7H2,1H3. The van der Waals surface area contributed by atoms with Gasteiger partial charge >= 0.3 is 0 Å². The minimum atomic E-state index is 0.342. The summed E-state index contributed by atoms with van der Waals surface area (Å²) in [6, 6.07) is 7.49. The number of benzene rings is 1. The second-order valence-electron chi connectivity index (χ2n) is 3.30. The van der Waals surface area contributed by atoms with Crippen LogP contribution < -0.4 is 0 Å². The lowest BCUT2D eigenvalue weighted by Gasteiger charge is -2.18. The number of aromatic hydroxyl groups is 1. The summed E-state index contributed by atoms with van der Waals surface area (Å²) in [6.45, 7) is 1.15. The lowest BCUT2D eigenvalue weighted by molar-refractivity contribution is 0.358. The van der Waals surface area contributed by atoms with Gasteiger partial charge in [0.15, 0.2) is 0 Å². The van der Waals surface area contributed by atoms with Crippen molar-refractivity contribution in [2.45, 2.75) is 5.37 Å². The number of nitrogens with zero attached hydrogens (tertiary/aromatic N) is 1. The van der Waals surface area contributed by atoms with Crippen molar-refractivity contribution in [2.75, 3.05) is 19.3 Å². The van der Waals surface area contributed by atoms with Crippen molar-refractivity contribution >= 4 is 11.8 Å². The molecule has 1 N–H and O–H groups in total. The molecule has 0 amide bonds. The first-order chi connectivity index (χ1) is 6.27. The maximum atomic E-state index is 9.14. The summed E-state index contributed by atoms with van der Waals surface area (Å²) < 4.78 is 0. The Morgan fingerprint density at radius 3 is 2.62 bits per heavy atom. The van der Waals surface area contributed by atoms with Gasteiger partial charge in [0.25, 0.3) is 0 Å². The van der Waals surface area contributed by atoms with Gasteiger partial charge in [-0.25, -0.2) is 0 Å². The van der Waals surface area contributed by atoms with E-state index in [1.165, 1.54) is 11.3 Å². The van der Waals surface area contributed by atoms with E-state index in [0.717, 1.165) is 6.54 Å². The second-order valence-corrected chi connectivity index (χ2v) is 4.48. The summed E-state index contributed by atoms with van der Waals surface area (Å²) in [5, 5.41) is 9.62. The molecule has 13 heavy (non-hydrogen) atoms. The molecule has 1 fully saturated rings. The number of thioether (sulfide) groups is 1. The molecule has 1 atom stereocenters. The Labute approximate surface area is 82.6 Å². The molecule has 2 rings (SSSR count). The molecule has 0 aromatic heterocycles. The third kappa shape index (κ3) is 1.81. The minimum absolute atomic E-state index is 0.342. The highest BCUT2D eigenvalue weighted by Gasteiger charge is 2.22. The topological polar surface area (TPSA) is 23.5 Å². The molecule has 1 aliphatic heterocycles. The van der Waals surface area contributed by atoms with Crippen molar-refractivity contribution < 1.29 is 5.11 Å². The Bertz CT molecular complexity index is 285. The van der Waals surface area contributed by atoms with Gasteiger partial charge in [-0.3, -0.25) is 4.90 Å². The minimum Gasteiger partial charge on any atom is -0.508 e. The average molecular weight is 195 g/mol. The highest BCUT2D eigenvalue weighted by molar-refractivity contribution is 7.99. The van der Waals surface area contributed by atoms with Crippen molar-refractivity contribution in [1.82, 2.24) is 4.90 Å². The van der Waals surface area contributed by atoms with Gasteiger partial charge in [-0.15, -0.1) is 11.8 Å². The van der Waals surface area contributed by atoms with E-state index in [-0.39, 0.29) is 0 Å². The third-order valence-electron chi connectivity index (χ3n) is 2.30. The monoisotopic (exact) mass is 195 g/mol. The van der Waals surface area contributed by atoms with E-state index in [9.17, 15) is 0 Å². The van der Waals surface area contributed by atoms with Gasteiger partial charge in [-0.2, -0.15) is 0 Å². The van der Waals surface area contributed by atoms with Crippen LogP contribution in [0.15, 0.2) is 24.3 Å². The van der Waals surface area contributed by atoms with E-state index in [2.05, 4.69) is 11.9 Å². The van der Waals surface area contributed by atoms with Crippen LogP contribution >= 0.6 is 11.8 Å². The number of hydrogen-bond acceptors (Lipinski definition) is 3. The van der Waals surface area contributed by atoms with E-state index in [0.29, 0.717) is 11.1 Å². The van der Waals surface area contributed by atoms with E-state index in [1.54, 1.807) is 12.1 Å². The van der Waals surface area contributed by atoms with Gasteiger partial charge in [0.1, 0.15) is 5.75 Å². The number of phenols is 1. The van der Waals surface area contributed by atoms with Crippen LogP contribution in [0.5, 0.6) is 5.75 Å². The quantitative estimate of drug-likeness (QED) is 0.742. The summed E-state index contributed by atoms with van der Waals surface area (Å²) in [7, 11) is 2.14. The summed E-state index contributed by atoms with van der Waals surface area (Å²) in [5.41, 5.74) is 1.28. The summed E-state index contributed by atoms with van der Waals surface area (Å²) in [6.07, 6.45) is 0. The summed E-state index contributed by atoms with van der Waals surface area (Å²) in [5.74, 6) is 1.54. The maximum Gasteiger partial charge on any atom is 0.115 e. The first-order valence-corrected chi connectivity index (χ1v) is 5.43. The van der Waals surface area contributed by atoms with E-state index in [4.69, 9.17) is 5.11 Å². The molecular weight excluding hydrogens is 182 g/mol. The smallest absolute Gasteiger partial charge is 0.115 e. The molecule has 0 aliphatic carbocycles. The van der Waals surface area contributed by atoms with E-state index < -0.39 is 0 Å². The maximum absolute atomic E-state index is 9.14. The van der Waals surface area contributed by atoms with Crippen LogP contribution in [0.2, 0.25) is 0 Å². The summed E-state index contributed by atoms with van der Waals surface area (Å²) in [4.78, 5) is 2.33. The molecule has 1 aliphatic rings. The van der Waals surface area contributed by atoms with Crippen molar-refractivity contribution in [3.8, 4) is 5.75 Å². The predicted molar refractivity (Wildman–Crippen MR) is 55.9 cm³/mol. The SMILES string of the molecule is CN1CCSC1c1ccc(O)cc1. The fourth-order valence-electron chi connectivity index (χ4n) is 1.54. The molecular formula is C10H13NOS. The molecule has 2 nitrogen and oxygen atoms in total. The zero-order chi connectivity index (χ0) is 9.26. The lowest BCUT2D eigenvalue weighted by Crippen LogP contribution is -2.16. The zero-order valence-electron chi connectivity index (χ0n) is 7.60. The van der Waals surface area contributed by atoms with Crippen molar-refractivity contribution in [3.05, 3.63) is 29.8 Å². The molecule has 1 heterocycles. The Morgan fingerprint density at radius 2 is 2.08 bits per heavy atom. The van der Waals surface area contributed by atoms with Gasteiger partial charge in [0, 0.05) is 12.3 Å². The highest BCUT2D eigenvalue weighted by atomic mass is 32.2. The highest BCUT2D eigenvalue weighted by Crippen LogP contribution is 2.36. The third-order valence-corrected chi connectivity index (χ3v) is 3.66. The van der Waals surface area contributed by atoms with Gasteiger partial charge in [0.2, 0.25) is 0 Å². The van der Waals surface area contributed by atoms with Crippen LogP contribution in [0.3, 0.4) is 0 Å². The Balaban J connectivity index is 2.20. The molecule has 1 saturated heterocycles. The fourth-order valence-corrected chi connectivity index (χ4v) is 2.87. The van der Waals surface area contributed by atoms with Gasteiger partial charge < -0.3 is 5.11 Å². The fraction of sp³-hybridized carbons (Fsp3) is 0.400. The van der Waals surface area contributed by atoms with Gasteiger partial charge in [-0.05, 0) is 24.7 Å². The molecule has 0 radical (unpaired) electrons. The predicted octanol–water partition coefficient (Wildman–Crippen LogP) is 2.07. The lowest BCUT2D eigenvalue weighted by atomic mass is 10.2.